The van der Waals surface area contributed by atoms with E-state index in [1.54, 1.807) is 6.26 Å². The third kappa shape index (κ3) is 3.29. The van der Waals surface area contributed by atoms with Gasteiger partial charge in [-0.15, -0.1) is 0 Å². The summed E-state index contributed by atoms with van der Waals surface area (Å²) in [7, 11) is 0. The lowest BCUT2D eigenvalue weighted by molar-refractivity contribution is 0.200. The van der Waals surface area contributed by atoms with Crippen molar-refractivity contribution in [1.82, 2.24) is 19.5 Å². The summed E-state index contributed by atoms with van der Waals surface area (Å²) in [6, 6.07) is 12.0. The van der Waals surface area contributed by atoms with Crippen LogP contribution < -0.4 is 22.1 Å². The SMILES string of the molecule is N=c1nc(N)nc2n1NC(CC1CCCN1Cc1ccccc1Cl)(c1ccco1)N2. The second-order valence-corrected chi connectivity index (χ2v) is 8.15. The Balaban J connectivity index is 1.45. The molecule has 0 saturated carbocycles. The number of nitrogens with one attached hydrogen (secondary N) is 3. The molecular weight excluding hydrogens is 404 g/mol. The number of fused-ring (bicyclic) bond motifs is 1. The van der Waals surface area contributed by atoms with Crippen molar-refractivity contribution in [1.29, 1.82) is 5.41 Å². The van der Waals surface area contributed by atoms with Gasteiger partial charge in [0.2, 0.25) is 17.5 Å². The first-order valence-electron chi connectivity index (χ1n) is 9.93. The van der Waals surface area contributed by atoms with Crippen molar-refractivity contribution in [2.45, 2.75) is 37.5 Å². The van der Waals surface area contributed by atoms with Crippen LogP contribution in [-0.2, 0) is 12.2 Å². The number of halogens is 1. The summed E-state index contributed by atoms with van der Waals surface area (Å²) >= 11 is 6.40. The van der Waals surface area contributed by atoms with Gasteiger partial charge in [0.25, 0.3) is 0 Å². The number of furan rings is 1. The highest BCUT2D eigenvalue weighted by Gasteiger charge is 2.45. The number of aromatic nitrogens is 3. The molecule has 10 heteroatoms. The van der Waals surface area contributed by atoms with Crippen molar-refractivity contribution in [3.8, 4) is 0 Å². The first-order valence-corrected chi connectivity index (χ1v) is 10.3. The molecule has 2 unspecified atom stereocenters. The number of rotatable bonds is 5. The monoisotopic (exact) mass is 426 g/mol. The predicted molar refractivity (Wildman–Crippen MR) is 113 cm³/mol. The molecule has 9 nitrogen and oxygen atoms in total. The van der Waals surface area contributed by atoms with E-state index in [-0.39, 0.29) is 17.6 Å². The van der Waals surface area contributed by atoms with Gasteiger partial charge in [0.05, 0.1) is 6.26 Å². The number of nitrogens with two attached hydrogens (primary N) is 1. The van der Waals surface area contributed by atoms with Gasteiger partial charge < -0.3 is 15.5 Å². The molecule has 0 aliphatic carbocycles. The maximum absolute atomic E-state index is 8.16. The molecule has 2 aliphatic heterocycles. The zero-order valence-electron chi connectivity index (χ0n) is 16.3. The quantitative estimate of drug-likeness (QED) is 0.494. The molecule has 0 amide bonds. The van der Waals surface area contributed by atoms with Crippen LogP contribution in [0.25, 0.3) is 0 Å². The highest BCUT2D eigenvalue weighted by atomic mass is 35.5. The van der Waals surface area contributed by atoms with E-state index in [1.807, 2.05) is 30.3 Å². The minimum atomic E-state index is -0.761. The number of nitrogen functional groups attached to an aromatic ring is 1. The van der Waals surface area contributed by atoms with Crippen LogP contribution in [0.4, 0.5) is 11.9 Å². The van der Waals surface area contributed by atoms with Gasteiger partial charge in [0.1, 0.15) is 0 Å². The summed E-state index contributed by atoms with van der Waals surface area (Å²) in [6.45, 7) is 1.79. The van der Waals surface area contributed by atoms with Gasteiger partial charge in [-0.05, 0) is 43.1 Å². The molecule has 0 spiro atoms. The lowest BCUT2D eigenvalue weighted by atomic mass is 9.96. The van der Waals surface area contributed by atoms with E-state index in [1.165, 1.54) is 4.68 Å². The standard InChI is InChI=1S/C20H23ClN8O/c21-15-7-2-1-5-13(15)12-28-9-3-6-14(28)11-20(16-8-4-10-30-16)26-19-25-17(22)24-18(23)29(19)27-20/h1-2,4-5,7-8,10,14,27H,3,6,9,11-12H2,(H4,22,23,24,25,26). The lowest BCUT2D eigenvalue weighted by Crippen LogP contribution is -2.47. The molecule has 5 N–H and O–H groups in total. The summed E-state index contributed by atoms with van der Waals surface area (Å²) in [5.74, 6) is 1.21. The first-order chi connectivity index (χ1) is 14.5. The fourth-order valence-electron chi connectivity index (χ4n) is 4.41. The first kappa shape index (κ1) is 19.0. The summed E-state index contributed by atoms with van der Waals surface area (Å²) in [6.07, 6.45) is 4.51. The van der Waals surface area contributed by atoms with Crippen molar-refractivity contribution in [3.63, 3.8) is 0 Å². The Labute approximate surface area is 178 Å². The predicted octanol–water partition coefficient (Wildman–Crippen LogP) is 2.46. The van der Waals surface area contributed by atoms with E-state index in [2.05, 4.69) is 31.7 Å². The Kier molecular flexibility index (Phi) is 4.63. The van der Waals surface area contributed by atoms with Crippen LogP contribution in [-0.4, -0.2) is 32.1 Å². The topological polar surface area (TPSA) is 121 Å². The average molecular weight is 427 g/mol. The third-order valence-electron chi connectivity index (χ3n) is 5.81. The Hall–Kier alpha value is -3.04. The second kappa shape index (κ2) is 7.33. The van der Waals surface area contributed by atoms with Crippen LogP contribution in [0, 0.1) is 5.41 Å². The molecule has 4 heterocycles. The van der Waals surface area contributed by atoms with Crippen LogP contribution >= 0.6 is 11.6 Å². The van der Waals surface area contributed by atoms with Crippen LogP contribution in [0.3, 0.4) is 0 Å². The number of hydrogen-bond acceptors (Lipinski definition) is 8. The second-order valence-electron chi connectivity index (χ2n) is 7.75. The number of likely N-dealkylation sites (tertiary alicyclic amines) is 1. The zero-order valence-corrected chi connectivity index (χ0v) is 17.1. The molecule has 2 aliphatic rings. The number of hydrogen-bond donors (Lipinski definition) is 4. The normalized spacial score (nSPS) is 23.2. The molecule has 5 rings (SSSR count). The van der Waals surface area contributed by atoms with Crippen molar-refractivity contribution in [2.75, 3.05) is 23.0 Å². The fraction of sp³-hybridized carbons (Fsp3) is 0.350. The maximum atomic E-state index is 8.16. The highest BCUT2D eigenvalue weighted by molar-refractivity contribution is 6.31. The van der Waals surface area contributed by atoms with Gasteiger partial charge in [-0.3, -0.25) is 15.7 Å². The smallest absolute Gasteiger partial charge is 0.247 e. The Morgan fingerprint density at radius 3 is 2.93 bits per heavy atom. The van der Waals surface area contributed by atoms with Crippen molar-refractivity contribution < 1.29 is 4.42 Å². The van der Waals surface area contributed by atoms with E-state index in [0.29, 0.717) is 12.4 Å². The van der Waals surface area contributed by atoms with Gasteiger partial charge in [0.15, 0.2) is 11.4 Å². The van der Waals surface area contributed by atoms with E-state index >= 15 is 0 Å². The molecule has 0 radical (unpaired) electrons. The van der Waals surface area contributed by atoms with Gasteiger partial charge in [-0.25, -0.2) is 0 Å². The van der Waals surface area contributed by atoms with Gasteiger partial charge in [0, 0.05) is 24.0 Å². The number of nitrogens with zero attached hydrogens (tertiary/aromatic N) is 4. The van der Waals surface area contributed by atoms with E-state index in [4.69, 9.17) is 27.2 Å². The van der Waals surface area contributed by atoms with Gasteiger partial charge >= 0.3 is 0 Å². The average Bonchev–Trinajstić information content (AvgIpc) is 3.45. The lowest BCUT2D eigenvalue weighted by Gasteiger charge is -2.34. The third-order valence-corrected chi connectivity index (χ3v) is 6.18. The summed E-state index contributed by atoms with van der Waals surface area (Å²) in [4.78, 5) is 10.6. The fourth-order valence-corrected chi connectivity index (χ4v) is 4.61. The molecule has 0 bridgehead atoms. The van der Waals surface area contributed by atoms with Crippen molar-refractivity contribution >= 4 is 23.5 Å². The highest BCUT2D eigenvalue weighted by Crippen LogP contribution is 2.37. The Morgan fingerprint density at radius 2 is 2.13 bits per heavy atom. The van der Waals surface area contributed by atoms with Crippen molar-refractivity contribution in [3.05, 3.63) is 64.6 Å². The van der Waals surface area contributed by atoms with E-state index in [0.717, 1.165) is 42.3 Å². The molecule has 156 valence electrons. The van der Waals surface area contributed by atoms with Gasteiger partial charge in [-0.2, -0.15) is 14.6 Å². The molecule has 1 aromatic carbocycles. The van der Waals surface area contributed by atoms with Crippen LogP contribution in [0.5, 0.6) is 0 Å². The van der Waals surface area contributed by atoms with Crippen LogP contribution in [0.15, 0.2) is 47.1 Å². The van der Waals surface area contributed by atoms with Crippen LogP contribution in [0.2, 0.25) is 5.02 Å². The summed E-state index contributed by atoms with van der Waals surface area (Å²) in [5, 5.41) is 12.4. The van der Waals surface area contributed by atoms with Gasteiger partial charge in [-0.1, -0.05) is 29.8 Å². The minimum absolute atomic E-state index is 0.0159. The van der Waals surface area contributed by atoms with Crippen molar-refractivity contribution in [2.24, 2.45) is 0 Å². The summed E-state index contributed by atoms with van der Waals surface area (Å²) in [5.41, 5.74) is 9.46. The zero-order chi connectivity index (χ0) is 20.7. The summed E-state index contributed by atoms with van der Waals surface area (Å²) < 4.78 is 7.29. The molecular formula is C20H23ClN8O. The molecule has 2 aromatic heterocycles. The number of anilines is 2. The molecule has 1 fully saturated rings. The Bertz CT molecular complexity index is 1110. The van der Waals surface area contributed by atoms with E-state index < -0.39 is 5.66 Å². The largest absolute Gasteiger partial charge is 0.465 e. The maximum Gasteiger partial charge on any atom is 0.247 e. The van der Waals surface area contributed by atoms with E-state index in [9.17, 15) is 0 Å². The molecule has 2 atom stereocenters. The molecule has 1 saturated heterocycles. The molecule has 30 heavy (non-hydrogen) atoms. The molecule has 3 aromatic rings. The van der Waals surface area contributed by atoms with Crippen LogP contribution in [0.1, 0.15) is 30.6 Å². The Morgan fingerprint density at radius 1 is 1.27 bits per heavy atom. The number of benzene rings is 1. The minimum Gasteiger partial charge on any atom is -0.465 e.